The van der Waals surface area contributed by atoms with Crippen LogP contribution in [0.15, 0.2) is 48.5 Å². The number of nitrogens with zero attached hydrogens (tertiary/aromatic N) is 1. The lowest BCUT2D eigenvalue weighted by Crippen LogP contribution is -2.36. The van der Waals surface area contributed by atoms with E-state index < -0.39 is 17.7 Å². The van der Waals surface area contributed by atoms with Crippen LogP contribution >= 0.6 is 12.4 Å². The third kappa shape index (κ3) is 5.77. The monoisotopic (exact) mass is 370 g/mol. The predicted molar refractivity (Wildman–Crippen MR) is 95.7 cm³/mol. The zero-order chi connectivity index (χ0) is 17.5. The lowest BCUT2D eigenvalue weighted by molar-refractivity contribution is -0.121. The lowest BCUT2D eigenvalue weighted by atomic mass is 10.1. The highest BCUT2D eigenvalue weighted by Crippen LogP contribution is 2.21. The van der Waals surface area contributed by atoms with Gasteiger partial charge in [-0.2, -0.15) is 0 Å². The maximum absolute atomic E-state index is 13.9. The highest BCUT2D eigenvalue weighted by Gasteiger charge is 2.21. The molecule has 0 radical (unpaired) electrons. The van der Waals surface area contributed by atoms with Crippen molar-refractivity contribution in [2.75, 3.05) is 18.6 Å². The topological polar surface area (TPSA) is 55.6 Å². The molecule has 0 heterocycles. The molecule has 1 amide bonds. The molecule has 25 heavy (non-hydrogen) atoms. The smallest absolute Gasteiger partial charge is 0.229 e. The largest absolute Gasteiger partial charge is 0.380 e. The van der Waals surface area contributed by atoms with Gasteiger partial charge in [0.25, 0.3) is 0 Å². The fraction of sp³-hybridized carbons (Fsp3) is 0.278. The van der Waals surface area contributed by atoms with Crippen LogP contribution in [0.2, 0.25) is 0 Å². The molecule has 2 aromatic rings. The van der Waals surface area contributed by atoms with E-state index >= 15 is 0 Å². The Morgan fingerprint density at radius 2 is 1.80 bits per heavy atom. The molecule has 7 heteroatoms. The van der Waals surface area contributed by atoms with Gasteiger partial charge in [0.1, 0.15) is 11.6 Å². The second-order valence-corrected chi connectivity index (χ2v) is 5.35. The molecule has 1 atom stereocenters. The first kappa shape index (κ1) is 21.0. The summed E-state index contributed by atoms with van der Waals surface area (Å²) in [5.41, 5.74) is 6.42. The van der Waals surface area contributed by atoms with E-state index in [1.54, 1.807) is 18.2 Å². The second-order valence-electron chi connectivity index (χ2n) is 5.35. The average molecular weight is 371 g/mol. The highest BCUT2D eigenvalue weighted by molar-refractivity contribution is 5.93. The van der Waals surface area contributed by atoms with Crippen molar-refractivity contribution in [1.29, 1.82) is 0 Å². The molecule has 0 saturated heterocycles. The minimum absolute atomic E-state index is 0. The average Bonchev–Trinajstić information content (AvgIpc) is 2.59. The number of methoxy groups -OCH3 is 1. The molecule has 4 nitrogen and oxygen atoms in total. The van der Waals surface area contributed by atoms with Gasteiger partial charge < -0.3 is 15.4 Å². The molecular weight excluding hydrogens is 350 g/mol. The predicted octanol–water partition coefficient (Wildman–Crippen LogP) is 3.28. The van der Waals surface area contributed by atoms with Crippen molar-refractivity contribution < 1.29 is 18.3 Å². The summed E-state index contributed by atoms with van der Waals surface area (Å²) in [6, 6.07) is 11.7. The summed E-state index contributed by atoms with van der Waals surface area (Å²) >= 11 is 0. The summed E-state index contributed by atoms with van der Waals surface area (Å²) in [5.74, 6) is -1.09. The Morgan fingerprint density at radius 3 is 2.36 bits per heavy atom. The molecule has 0 aliphatic carbocycles. The first-order valence-electron chi connectivity index (χ1n) is 7.57. The fourth-order valence-corrected chi connectivity index (χ4v) is 2.31. The molecule has 1 unspecified atom stereocenters. The summed E-state index contributed by atoms with van der Waals surface area (Å²) < 4.78 is 32.2. The summed E-state index contributed by atoms with van der Waals surface area (Å²) in [7, 11) is 1.48. The van der Waals surface area contributed by atoms with E-state index in [0.717, 1.165) is 0 Å². The molecule has 0 bridgehead atoms. The van der Waals surface area contributed by atoms with Crippen molar-refractivity contribution >= 4 is 24.0 Å². The third-order valence-corrected chi connectivity index (χ3v) is 3.72. The van der Waals surface area contributed by atoms with E-state index in [2.05, 4.69) is 0 Å². The van der Waals surface area contributed by atoms with Gasteiger partial charge in [0.05, 0.1) is 19.1 Å². The number of amides is 1. The van der Waals surface area contributed by atoms with Crippen LogP contribution in [-0.2, 0) is 16.1 Å². The molecule has 2 N–H and O–H groups in total. The number of rotatable bonds is 7. The zero-order valence-corrected chi connectivity index (χ0v) is 14.6. The number of benzene rings is 2. The van der Waals surface area contributed by atoms with Crippen molar-refractivity contribution in [3.63, 3.8) is 0 Å². The molecule has 0 aliphatic heterocycles. The summed E-state index contributed by atoms with van der Waals surface area (Å²) in [6.45, 7) is 0.233. The van der Waals surface area contributed by atoms with Crippen molar-refractivity contribution in [1.82, 2.24) is 0 Å². The molecule has 0 aromatic heterocycles. The van der Waals surface area contributed by atoms with Crippen LogP contribution in [0.4, 0.5) is 14.5 Å². The van der Waals surface area contributed by atoms with Gasteiger partial charge in [-0.05, 0) is 30.3 Å². The standard InChI is InChI=1S/C18H20F2N2O2.ClH/c1-24-16(11-21)10-18(23)22(15-8-6-14(19)7-9-15)12-13-4-2-3-5-17(13)20;/h2-9,16H,10-12,21H2,1H3;1H. The van der Waals surface area contributed by atoms with Gasteiger partial charge in [-0.3, -0.25) is 4.79 Å². The number of halogens is 3. The van der Waals surface area contributed by atoms with Crippen LogP contribution in [0, 0.1) is 11.6 Å². The van der Waals surface area contributed by atoms with Crippen LogP contribution in [0.25, 0.3) is 0 Å². The zero-order valence-electron chi connectivity index (χ0n) is 13.8. The Balaban J connectivity index is 0.00000312. The quantitative estimate of drug-likeness (QED) is 0.813. The number of anilines is 1. The SMILES string of the molecule is COC(CN)CC(=O)N(Cc1ccccc1F)c1ccc(F)cc1.Cl. The van der Waals surface area contributed by atoms with Gasteiger partial charge in [-0.15, -0.1) is 12.4 Å². The van der Waals surface area contributed by atoms with E-state index in [1.165, 1.54) is 42.3 Å². The fourth-order valence-electron chi connectivity index (χ4n) is 2.31. The normalized spacial score (nSPS) is 11.5. The van der Waals surface area contributed by atoms with Crippen LogP contribution in [0.5, 0.6) is 0 Å². The summed E-state index contributed by atoms with van der Waals surface area (Å²) in [6.07, 6.45) is -0.375. The Hall–Kier alpha value is -2.02. The molecule has 136 valence electrons. The second kappa shape index (κ2) is 10.1. The molecular formula is C18H21ClF2N2O2. The summed E-state index contributed by atoms with van der Waals surface area (Å²) in [4.78, 5) is 14.0. The van der Waals surface area contributed by atoms with Crippen molar-refractivity contribution in [3.05, 3.63) is 65.7 Å². The lowest BCUT2D eigenvalue weighted by Gasteiger charge is -2.25. The van der Waals surface area contributed by atoms with E-state index in [9.17, 15) is 13.6 Å². The number of hydrogen-bond acceptors (Lipinski definition) is 3. The van der Waals surface area contributed by atoms with Gasteiger partial charge in [-0.1, -0.05) is 18.2 Å². The van der Waals surface area contributed by atoms with Crippen LogP contribution in [-0.4, -0.2) is 25.7 Å². The van der Waals surface area contributed by atoms with Gasteiger partial charge in [-0.25, -0.2) is 8.78 Å². The third-order valence-electron chi connectivity index (χ3n) is 3.72. The number of carbonyl (C=O) groups is 1. The van der Waals surface area contributed by atoms with Crippen molar-refractivity contribution in [2.24, 2.45) is 5.73 Å². The van der Waals surface area contributed by atoms with Gasteiger partial charge in [0.15, 0.2) is 0 Å². The molecule has 2 aromatic carbocycles. The molecule has 0 aliphatic rings. The van der Waals surface area contributed by atoms with Crippen molar-refractivity contribution in [3.8, 4) is 0 Å². The Kier molecular flexibility index (Phi) is 8.48. The van der Waals surface area contributed by atoms with E-state index in [0.29, 0.717) is 11.3 Å². The van der Waals surface area contributed by atoms with Crippen LogP contribution < -0.4 is 10.6 Å². The van der Waals surface area contributed by atoms with Gasteiger partial charge in [0, 0.05) is 24.9 Å². The maximum Gasteiger partial charge on any atom is 0.229 e. The Morgan fingerprint density at radius 1 is 1.16 bits per heavy atom. The van der Waals surface area contributed by atoms with Crippen LogP contribution in [0.1, 0.15) is 12.0 Å². The Labute approximate surface area is 152 Å². The first-order chi connectivity index (χ1) is 11.5. The number of nitrogens with two attached hydrogens (primary N) is 1. The van der Waals surface area contributed by atoms with E-state index in [1.807, 2.05) is 0 Å². The maximum atomic E-state index is 13.9. The van der Waals surface area contributed by atoms with E-state index in [-0.39, 0.29) is 37.8 Å². The molecule has 0 saturated carbocycles. The number of hydrogen-bond donors (Lipinski definition) is 1. The highest BCUT2D eigenvalue weighted by atomic mass is 35.5. The van der Waals surface area contributed by atoms with Crippen LogP contribution in [0.3, 0.4) is 0 Å². The van der Waals surface area contributed by atoms with Gasteiger partial charge in [0.2, 0.25) is 5.91 Å². The van der Waals surface area contributed by atoms with E-state index in [4.69, 9.17) is 10.5 Å². The van der Waals surface area contributed by atoms with Crippen molar-refractivity contribution in [2.45, 2.75) is 19.1 Å². The molecule has 0 spiro atoms. The Bertz CT molecular complexity index is 679. The first-order valence-corrected chi connectivity index (χ1v) is 7.57. The minimum Gasteiger partial charge on any atom is -0.380 e. The number of carbonyl (C=O) groups excluding carboxylic acids is 1. The van der Waals surface area contributed by atoms with Gasteiger partial charge >= 0.3 is 0 Å². The molecule has 0 fully saturated rings. The minimum atomic E-state index is -0.430. The molecule has 2 rings (SSSR count). The summed E-state index contributed by atoms with van der Waals surface area (Å²) in [5, 5.41) is 0. The number of ether oxygens (including phenoxy) is 1.